The lowest BCUT2D eigenvalue weighted by atomic mass is 10.2. The van der Waals surface area contributed by atoms with Gasteiger partial charge >= 0.3 is 0 Å². The Kier molecular flexibility index (Phi) is 2.55. The van der Waals surface area contributed by atoms with E-state index in [1.54, 1.807) is 10.9 Å². The summed E-state index contributed by atoms with van der Waals surface area (Å²) in [5, 5.41) is 4.16. The Morgan fingerprint density at radius 3 is 3.00 bits per heavy atom. The summed E-state index contributed by atoms with van der Waals surface area (Å²) in [6, 6.07) is 0. The van der Waals surface area contributed by atoms with Gasteiger partial charge in [-0.05, 0) is 35.2 Å². The van der Waals surface area contributed by atoms with E-state index in [9.17, 15) is 0 Å². The van der Waals surface area contributed by atoms with Gasteiger partial charge in [0.1, 0.15) is 4.60 Å². The van der Waals surface area contributed by atoms with Crippen LogP contribution in [0.5, 0.6) is 0 Å². The summed E-state index contributed by atoms with van der Waals surface area (Å²) >= 11 is 3.38. The van der Waals surface area contributed by atoms with Crippen LogP contribution in [-0.2, 0) is 4.74 Å². The molecule has 5 heteroatoms. The fourth-order valence-corrected chi connectivity index (χ4v) is 1.90. The van der Waals surface area contributed by atoms with Crippen LogP contribution in [0.1, 0.15) is 25.5 Å². The molecule has 1 aromatic heterocycles. The second kappa shape index (κ2) is 3.67. The normalized spacial score (nSPS) is 23.3. The molecule has 0 spiro atoms. The minimum Gasteiger partial charge on any atom is -0.395 e. The number of nitrogen functional groups attached to an aromatic ring is 1. The van der Waals surface area contributed by atoms with E-state index >= 15 is 0 Å². The van der Waals surface area contributed by atoms with Crippen LogP contribution in [0.15, 0.2) is 10.8 Å². The van der Waals surface area contributed by atoms with E-state index in [4.69, 9.17) is 10.5 Å². The van der Waals surface area contributed by atoms with Crippen LogP contribution < -0.4 is 5.73 Å². The molecule has 0 amide bonds. The SMILES string of the molecule is Nc1cnn(C2CCCCO2)c1Br. The highest BCUT2D eigenvalue weighted by atomic mass is 79.9. The lowest BCUT2D eigenvalue weighted by molar-refractivity contribution is -0.0408. The zero-order valence-electron chi connectivity index (χ0n) is 7.24. The molecule has 1 aromatic rings. The Morgan fingerprint density at radius 2 is 2.46 bits per heavy atom. The van der Waals surface area contributed by atoms with Gasteiger partial charge < -0.3 is 10.5 Å². The number of hydrogen-bond donors (Lipinski definition) is 1. The summed E-state index contributed by atoms with van der Waals surface area (Å²) in [6.45, 7) is 0.816. The van der Waals surface area contributed by atoms with Crippen molar-refractivity contribution in [1.29, 1.82) is 0 Å². The fraction of sp³-hybridized carbons (Fsp3) is 0.625. The molecule has 1 fully saturated rings. The van der Waals surface area contributed by atoms with Gasteiger partial charge in [-0.3, -0.25) is 0 Å². The Bertz CT molecular complexity index is 294. The van der Waals surface area contributed by atoms with Gasteiger partial charge in [0.2, 0.25) is 0 Å². The highest BCUT2D eigenvalue weighted by Crippen LogP contribution is 2.28. The van der Waals surface area contributed by atoms with Crippen molar-refractivity contribution in [3.63, 3.8) is 0 Å². The van der Waals surface area contributed by atoms with E-state index < -0.39 is 0 Å². The van der Waals surface area contributed by atoms with Crippen molar-refractivity contribution in [3.05, 3.63) is 10.8 Å². The molecule has 1 saturated heterocycles. The third-order valence-electron chi connectivity index (χ3n) is 2.19. The zero-order valence-corrected chi connectivity index (χ0v) is 8.83. The molecule has 1 aliphatic heterocycles. The second-order valence-electron chi connectivity index (χ2n) is 3.16. The van der Waals surface area contributed by atoms with E-state index in [0.717, 1.165) is 24.1 Å². The quantitative estimate of drug-likeness (QED) is 0.823. The van der Waals surface area contributed by atoms with Crippen molar-refractivity contribution >= 4 is 21.6 Å². The van der Waals surface area contributed by atoms with Crippen molar-refractivity contribution in [2.24, 2.45) is 0 Å². The molecule has 1 atom stereocenters. The zero-order chi connectivity index (χ0) is 9.26. The molecule has 4 nitrogen and oxygen atoms in total. The van der Waals surface area contributed by atoms with Gasteiger partial charge in [0.25, 0.3) is 0 Å². The number of nitrogens with two attached hydrogens (primary N) is 1. The van der Waals surface area contributed by atoms with Crippen molar-refractivity contribution in [1.82, 2.24) is 9.78 Å². The van der Waals surface area contributed by atoms with E-state index in [1.165, 1.54) is 6.42 Å². The Hall–Kier alpha value is -0.550. The molecule has 0 aliphatic carbocycles. The van der Waals surface area contributed by atoms with Gasteiger partial charge in [0, 0.05) is 6.61 Å². The molecule has 2 N–H and O–H groups in total. The van der Waals surface area contributed by atoms with E-state index in [-0.39, 0.29) is 6.23 Å². The number of anilines is 1. The minimum atomic E-state index is 0.0559. The number of nitrogens with zero attached hydrogens (tertiary/aromatic N) is 2. The first-order valence-corrected chi connectivity index (χ1v) is 5.18. The van der Waals surface area contributed by atoms with Crippen LogP contribution in [-0.4, -0.2) is 16.4 Å². The third kappa shape index (κ3) is 1.71. The van der Waals surface area contributed by atoms with Crippen molar-refractivity contribution in [3.8, 4) is 0 Å². The molecule has 13 heavy (non-hydrogen) atoms. The molecule has 1 unspecified atom stereocenters. The van der Waals surface area contributed by atoms with E-state index in [1.807, 2.05) is 0 Å². The third-order valence-corrected chi connectivity index (χ3v) is 3.01. The summed E-state index contributed by atoms with van der Waals surface area (Å²) in [4.78, 5) is 0. The average molecular weight is 246 g/mol. The molecule has 0 bridgehead atoms. The molecule has 0 radical (unpaired) electrons. The van der Waals surface area contributed by atoms with Crippen LogP contribution in [0.4, 0.5) is 5.69 Å². The summed E-state index contributed by atoms with van der Waals surface area (Å²) in [7, 11) is 0. The predicted octanol–water partition coefficient (Wildman–Crippen LogP) is 1.93. The molecular formula is C8H12BrN3O. The summed E-state index contributed by atoms with van der Waals surface area (Å²) in [5.41, 5.74) is 6.32. The summed E-state index contributed by atoms with van der Waals surface area (Å²) < 4.78 is 8.19. The second-order valence-corrected chi connectivity index (χ2v) is 3.91. The highest BCUT2D eigenvalue weighted by molar-refractivity contribution is 9.10. The molecule has 2 heterocycles. The Balaban J connectivity index is 2.18. The Morgan fingerprint density at radius 1 is 1.62 bits per heavy atom. The maximum atomic E-state index is 5.66. The standard InChI is InChI=1S/C8H12BrN3O/c9-8-6(10)5-11-12(8)7-3-1-2-4-13-7/h5,7H,1-4,10H2. The topological polar surface area (TPSA) is 53.1 Å². The summed E-state index contributed by atoms with van der Waals surface area (Å²) in [6.07, 6.45) is 5.05. The fourth-order valence-electron chi connectivity index (χ4n) is 1.48. The van der Waals surface area contributed by atoms with Gasteiger partial charge in [-0.25, -0.2) is 4.68 Å². The lowest BCUT2D eigenvalue weighted by Gasteiger charge is -2.23. The maximum absolute atomic E-state index is 5.66. The molecular weight excluding hydrogens is 234 g/mol. The monoisotopic (exact) mass is 245 g/mol. The minimum absolute atomic E-state index is 0.0559. The van der Waals surface area contributed by atoms with Crippen LogP contribution in [0.25, 0.3) is 0 Å². The molecule has 72 valence electrons. The maximum Gasteiger partial charge on any atom is 0.151 e. The van der Waals surface area contributed by atoms with Crippen molar-refractivity contribution in [2.75, 3.05) is 12.3 Å². The average Bonchev–Trinajstić information content (AvgIpc) is 2.49. The Labute approximate surface area is 85.2 Å². The number of rotatable bonds is 1. The van der Waals surface area contributed by atoms with Crippen LogP contribution in [0.3, 0.4) is 0 Å². The van der Waals surface area contributed by atoms with Gasteiger partial charge in [-0.2, -0.15) is 5.10 Å². The smallest absolute Gasteiger partial charge is 0.151 e. The van der Waals surface area contributed by atoms with Gasteiger partial charge in [-0.15, -0.1) is 0 Å². The number of ether oxygens (including phenoxy) is 1. The molecule has 2 rings (SSSR count). The van der Waals surface area contributed by atoms with Crippen molar-refractivity contribution < 1.29 is 4.74 Å². The molecule has 0 aromatic carbocycles. The first-order valence-electron chi connectivity index (χ1n) is 4.39. The van der Waals surface area contributed by atoms with Gasteiger partial charge in [0.05, 0.1) is 11.9 Å². The van der Waals surface area contributed by atoms with E-state index in [2.05, 4.69) is 21.0 Å². The highest BCUT2D eigenvalue weighted by Gasteiger charge is 2.19. The van der Waals surface area contributed by atoms with Crippen LogP contribution in [0, 0.1) is 0 Å². The first kappa shape index (κ1) is 9.02. The van der Waals surface area contributed by atoms with Crippen LogP contribution in [0.2, 0.25) is 0 Å². The van der Waals surface area contributed by atoms with Crippen LogP contribution >= 0.6 is 15.9 Å². The summed E-state index contributed by atoms with van der Waals surface area (Å²) in [5.74, 6) is 0. The predicted molar refractivity (Wildman–Crippen MR) is 53.2 cm³/mol. The number of halogens is 1. The van der Waals surface area contributed by atoms with E-state index in [0.29, 0.717) is 5.69 Å². The largest absolute Gasteiger partial charge is 0.395 e. The number of aromatic nitrogens is 2. The lowest BCUT2D eigenvalue weighted by Crippen LogP contribution is -2.19. The van der Waals surface area contributed by atoms with Crippen molar-refractivity contribution in [2.45, 2.75) is 25.5 Å². The molecule has 0 saturated carbocycles. The first-order chi connectivity index (χ1) is 6.29. The number of hydrogen-bond acceptors (Lipinski definition) is 3. The van der Waals surface area contributed by atoms with Gasteiger partial charge in [-0.1, -0.05) is 0 Å². The van der Waals surface area contributed by atoms with Gasteiger partial charge in [0.15, 0.2) is 6.23 Å². The molecule has 1 aliphatic rings.